The molecule has 1 aliphatic heterocycles. The molecular formula is C12H12FIN2O3. The van der Waals surface area contributed by atoms with Crippen LogP contribution in [0.1, 0.15) is 10.4 Å². The molecule has 2 amide bonds. The minimum absolute atomic E-state index is 0.0980. The first-order chi connectivity index (χ1) is 8.99. The Balaban J connectivity index is 2.19. The molecule has 1 unspecified atom stereocenters. The van der Waals surface area contributed by atoms with E-state index in [1.54, 1.807) is 0 Å². The first kappa shape index (κ1) is 14.2. The van der Waals surface area contributed by atoms with Gasteiger partial charge in [0.1, 0.15) is 5.82 Å². The maximum absolute atomic E-state index is 13.2. The molecule has 19 heavy (non-hydrogen) atoms. The van der Waals surface area contributed by atoms with Crippen LogP contribution in [0.4, 0.5) is 4.39 Å². The van der Waals surface area contributed by atoms with Crippen LogP contribution in [0.2, 0.25) is 0 Å². The van der Waals surface area contributed by atoms with E-state index >= 15 is 0 Å². The molecule has 0 saturated carbocycles. The van der Waals surface area contributed by atoms with E-state index in [1.807, 2.05) is 22.6 Å². The fourth-order valence-electron chi connectivity index (χ4n) is 1.84. The van der Waals surface area contributed by atoms with Crippen molar-refractivity contribution in [1.29, 1.82) is 0 Å². The van der Waals surface area contributed by atoms with E-state index < -0.39 is 17.8 Å². The molecule has 0 radical (unpaired) electrons. The summed E-state index contributed by atoms with van der Waals surface area (Å²) in [6.45, 7) is 0.696. The van der Waals surface area contributed by atoms with Crippen molar-refractivity contribution in [3.05, 3.63) is 33.1 Å². The smallest absolute Gasteiger partial charge is 0.255 e. The summed E-state index contributed by atoms with van der Waals surface area (Å²) in [5.41, 5.74) is 5.44. The van der Waals surface area contributed by atoms with Crippen molar-refractivity contribution in [3.8, 4) is 0 Å². The third-order valence-electron chi connectivity index (χ3n) is 2.83. The van der Waals surface area contributed by atoms with Gasteiger partial charge in [-0.3, -0.25) is 9.59 Å². The summed E-state index contributed by atoms with van der Waals surface area (Å²) >= 11 is 1.97. The van der Waals surface area contributed by atoms with Gasteiger partial charge >= 0.3 is 0 Å². The van der Waals surface area contributed by atoms with Gasteiger partial charge in [-0.05, 0) is 40.8 Å². The lowest BCUT2D eigenvalue weighted by Crippen LogP contribution is -2.50. The number of rotatable bonds is 2. The number of nitrogens with two attached hydrogens (primary N) is 1. The lowest BCUT2D eigenvalue weighted by Gasteiger charge is -2.31. The van der Waals surface area contributed by atoms with Gasteiger partial charge in [0.05, 0.1) is 18.7 Å². The van der Waals surface area contributed by atoms with Crippen LogP contribution in [0.25, 0.3) is 0 Å². The van der Waals surface area contributed by atoms with Gasteiger partial charge in [0.2, 0.25) is 5.91 Å². The third kappa shape index (κ3) is 3.21. The molecule has 2 rings (SSSR count). The van der Waals surface area contributed by atoms with Crippen molar-refractivity contribution in [1.82, 2.24) is 4.90 Å². The Bertz CT molecular complexity index is 524. The summed E-state index contributed by atoms with van der Waals surface area (Å²) in [6, 6.07) is 4.03. The van der Waals surface area contributed by atoms with Crippen molar-refractivity contribution in [2.45, 2.75) is 6.10 Å². The SMILES string of the molecule is NC(=O)C1CN(C(=O)c2cc(F)ccc2I)CCO1. The predicted molar refractivity (Wildman–Crippen MR) is 74.0 cm³/mol. The van der Waals surface area contributed by atoms with Crippen molar-refractivity contribution >= 4 is 34.4 Å². The Morgan fingerprint density at radius 1 is 1.47 bits per heavy atom. The molecule has 1 aliphatic rings. The number of hydrogen-bond acceptors (Lipinski definition) is 3. The Morgan fingerprint density at radius 2 is 2.21 bits per heavy atom. The quantitative estimate of drug-likeness (QED) is 0.773. The van der Waals surface area contributed by atoms with Crippen molar-refractivity contribution < 1.29 is 18.7 Å². The predicted octanol–water partition coefficient (Wildman–Crippen LogP) is 0.757. The van der Waals surface area contributed by atoms with Gasteiger partial charge in [-0.2, -0.15) is 0 Å². The van der Waals surface area contributed by atoms with Gasteiger partial charge in [0.25, 0.3) is 5.91 Å². The second-order valence-electron chi connectivity index (χ2n) is 4.14. The fourth-order valence-corrected chi connectivity index (χ4v) is 2.40. The van der Waals surface area contributed by atoms with E-state index in [0.717, 1.165) is 0 Å². The highest BCUT2D eigenvalue weighted by Gasteiger charge is 2.29. The Kier molecular flexibility index (Phi) is 4.35. The number of carbonyl (C=O) groups excluding carboxylic acids is 2. The van der Waals surface area contributed by atoms with Gasteiger partial charge in [-0.25, -0.2) is 4.39 Å². The lowest BCUT2D eigenvalue weighted by atomic mass is 10.1. The Hall–Kier alpha value is -1.22. The molecule has 1 fully saturated rings. The van der Waals surface area contributed by atoms with Crippen LogP contribution in [0.3, 0.4) is 0 Å². The number of morpholine rings is 1. The van der Waals surface area contributed by atoms with E-state index in [4.69, 9.17) is 10.5 Å². The molecule has 0 spiro atoms. The molecule has 1 saturated heterocycles. The number of hydrogen-bond donors (Lipinski definition) is 1. The topological polar surface area (TPSA) is 72.6 Å². The minimum Gasteiger partial charge on any atom is -0.367 e. The van der Waals surface area contributed by atoms with E-state index in [1.165, 1.54) is 23.1 Å². The molecule has 1 aromatic rings. The standard InChI is InChI=1S/C12H12FIN2O3/c13-7-1-2-9(14)8(5-7)12(18)16-3-4-19-10(6-16)11(15)17/h1-2,5,10H,3-4,6H2,(H2,15,17). The van der Waals surface area contributed by atoms with E-state index in [0.29, 0.717) is 10.1 Å². The monoisotopic (exact) mass is 378 g/mol. The van der Waals surface area contributed by atoms with E-state index in [-0.39, 0.29) is 24.6 Å². The number of primary amides is 1. The summed E-state index contributed by atoms with van der Waals surface area (Å²) in [6.07, 6.45) is -0.802. The molecule has 0 aliphatic carbocycles. The molecule has 1 aromatic carbocycles. The average molecular weight is 378 g/mol. The van der Waals surface area contributed by atoms with Crippen LogP contribution in [-0.2, 0) is 9.53 Å². The average Bonchev–Trinajstić information content (AvgIpc) is 2.41. The Morgan fingerprint density at radius 3 is 2.89 bits per heavy atom. The maximum atomic E-state index is 13.2. The van der Waals surface area contributed by atoms with Crippen LogP contribution in [-0.4, -0.2) is 42.5 Å². The zero-order valence-corrected chi connectivity index (χ0v) is 12.1. The normalized spacial score (nSPS) is 19.3. The summed E-state index contributed by atoms with van der Waals surface area (Å²) in [5, 5.41) is 0. The number of benzene rings is 1. The molecule has 0 aromatic heterocycles. The van der Waals surface area contributed by atoms with E-state index in [2.05, 4.69) is 0 Å². The maximum Gasteiger partial charge on any atom is 0.255 e. The van der Waals surface area contributed by atoms with Crippen LogP contribution >= 0.6 is 22.6 Å². The highest BCUT2D eigenvalue weighted by Crippen LogP contribution is 2.17. The summed E-state index contributed by atoms with van der Waals surface area (Å²) in [7, 11) is 0. The molecule has 2 N–H and O–H groups in total. The number of halogens is 2. The van der Waals surface area contributed by atoms with Gasteiger partial charge in [-0.15, -0.1) is 0 Å². The molecule has 1 heterocycles. The first-order valence-electron chi connectivity index (χ1n) is 5.64. The van der Waals surface area contributed by atoms with Crippen LogP contribution in [0.15, 0.2) is 18.2 Å². The lowest BCUT2D eigenvalue weighted by molar-refractivity contribution is -0.133. The van der Waals surface area contributed by atoms with Gasteiger partial charge in [0, 0.05) is 10.1 Å². The zero-order valence-electron chi connectivity index (χ0n) is 9.94. The molecule has 7 heteroatoms. The van der Waals surface area contributed by atoms with Crippen LogP contribution in [0.5, 0.6) is 0 Å². The summed E-state index contributed by atoms with van der Waals surface area (Å²) < 4.78 is 19.0. The second-order valence-corrected chi connectivity index (χ2v) is 5.30. The Labute approximate surface area is 123 Å². The van der Waals surface area contributed by atoms with E-state index in [9.17, 15) is 14.0 Å². The number of ether oxygens (including phenoxy) is 1. The van der Waals surface area contributed by atoms with Crippen LogP contribution in [0, 0.1) is 9.39 Å². The van der Waals surface area contributed by atoms with Gasteiger partial charge in [-0.1, -0.05) is 0 Å². The zero-order chi connectivity index (χ0) is 14.0. The third-order valence-corrected chi connectivity index (χ3v) is 3.77. The molecule has 102 valence electrons. The van der Waals surface area contributed by atoms with Crippen molar-refractivity contribution in [2.75, 3.05) is 19.7 Å². The summed E-state index contributed by atoms with van der Waals surface area (Å²) in [4.78, 5) is 24.8. The van der Waals surface area contributed by atoms with Gasteiger partial charge in [0.15, 0.2) is 6.10 Å². The second kappa shape index (κ2) is 5.83. The largest absolute Gasteiger partial charge is 0.367 e. The van der Waals surface area contributed by atoms with Gasteiger partial charge < -0.3 is 15.4 Å². The molecule has 0 bridgehead atoms. The fraction of sp³-hybridized carbons (Fsp3) is 0.333. The number of nitrogens with zero attached hydrogens (tertiary/aromatic N) is 1. The first-order valence-corrected chi connectivity index (χ1v) is 6.72. The highest BCUT2D eigenvalue weighted by molar-refractivity contribution is 14.1. The number of amides is 2. The minimum atomic E-state index is -0.802. The molecule has 5 nitrogen and oxygen atoms in total. The van der Waals surface area contributed by atoms with Crippen LogP contribution < -0.4 is 5.73 Å². The highest BCUT2D eigenvalue weighted by atomic mass is 127. The molecule has 1 atom stereocenters. The van der Waals surface area contributed by atoms with Crippen molar-refractivity contribution in [2.24, 2.45) is 5.73 Å². The summed E-state index contributed by atoms with van der Waals surface area (Å²) in [5.74, 6) is -1.40. The molecular weight excluding hydrogens is 366 g/mol. The number of carbonyl (C=O) groups is 2. The van der Waals surface area contributed by atoms with Crippen molar-refractivity contribution in [3.63, 3.8) is 0 Å².